The van der Waals surface area contributed by atoms with Crippen molar-refractivity contribution in [2.75, 3.05) is 0 Å². The Labute approximate surface area is 88.0 Å². The highest BCUT2D eigenvalue weighted by molar-refractivity contribution is 5.74. The van der Waals surface area contributed by atoms with Crippen molar-refractivity contribution in [2.24, 2.45) is 5.73 Å². The molecule has 2 N–H and O–H groups in total. The quantitative estimate of drug-likeness (QED) is 0.592. The topological polar surface area (TPSA) is 69.4 Å². The van der Waals surface area contributed by atoms with Crippen LogP contribution in [0.3, 0.4) is 0 Å². The van der Waals surface area contributed by atoms with Gasteiger partial charge >= 0.3 is 5.97 Å². The van der Waals surface area contributed by atoms with E-state index >= 15 is 0 Å². The molecule has 0 aliphatic carbocycles. The zero-order valence-electron chi connectivity index (χ0n) is 8.53. The first kappa shape index (κ1) is 11.2. The minimum atomic E-state index is -0.374. The first-order valence-electron chi connectivity index (χ1n) is 4.64. The van der Waals surface area contributed by atoms with Gasteiger partial charge in [-0.2, -0.15) is 0 Å². The second-order valence-corrected chi connectivity index (χ2v) is 3.17. The molecule has 0 bridgehead atoms. The van der Waals surface area contributed by atoms with E-state index in [2.05, 4.69) is 0 Å². The van der Waals surface area contributed by atoms with Crippen molar-refractivity contribution in [1.29, 1.82) is 0 Å². The van der Waals surface area contributed by atoms with Gasteiger partial charge < -0.3 is 10.5 Å². The maximum Gasteiger partial charge on any atom is 0.308 e. The van der Waals surface area contributed by atoms with E-state index in [4.69, 9.17) is 10.5 Å². The highest BCUT2D eigenvalue weighted by atomic mass is 16.5. The number of benzene rings is 1. The van der Waals surface area contributed by atoms with Crippen LogP contribution >= 0.6 is 0 Å². The van der Waals surface area contributed by atoms with Gasteiger partial charge in [-0.05, 0) is 18.1 Å². The zero-order valence-corrected chi connectivity index (χ0v) is 8.53. The van der Waals surface area contributed by atoms with Gasteiger partial charge in [-0.25, -0.2) is 0 Å². The van der Waals surface area contributed by atoms with E-state index in [9.17, 15) is 9.59 Å². The number of ether oxygens (including phenoxy) is 1. The summed E-state index contributed by atoms with van der Waals surface area (Å²) in [6, 6.07) is 7.09. The summed E-state index contributed by atoms with van der Waals surface area (Å²) in [4.78, 5) is 21.4. The smallest absolute Gasteiger partial charge is 0.308 e. The van der Waals surface area contributed by atoms with E-state index in [-0.39, 0.29) is 18.3 Å². The summed E-state index contributed by atoms with van der Waals surface area (Å²) in [5.74, 6) is -0.250. The Morgan fingerprint density at radius 2 is 2.00 bits per heavy atom. The molecule has 1 aromatic rings. The van der Waals surface area contributed by atoms with Gasteiger partial charge in [-0.1, -0.05) is 18.2 Å². The fourth-order valence-corrected chi connectivity index (χ4v) is 1.22. The molecule has 0 aromatic heterocycles. The number of rotatable bonds is 4. The van der Waals surface area contributed by atoms with Gasteiger partial charge in [-0.3, -0.25) is 9.59 Å². The lowest BCUT2D eigenvalue weighted by atomic mass is 10.1. The Balaban J connectivity index is 2.76. The molecule has 0 spiro atoms. The summed E-state index contributed by atoms with van der Waals surface area (Å²) in [5, 5.41) is 0. The Morgan fingerprint density at radius 3 is 2.60 bits per heavy atom. The van der Waals surface area contributed by atoms with Crippen molar-refractivity contribution in [2.45, 2.75) is 19.8 Å². The number of para-hydroxylation sites is 1. The van der Waals surface area contributed by atoms with Crippen LogP contribution in [0.25, 0.3) is 0 Å². The van der Waals surface area contributed by atoms with Gasteiger partial charge in [-0.15, -0.1) is 0 Å². The summed E-state index contributed by atoms with van der Waals surface area (Å²) in [6.45, 7) is 1.34. The molecular formula is C11H13NO3. The van der Waals surface area contributed by atoms with Crippen LogP contribution in [0.5, 0.6) is 5.75 Å². The van der Waals surface area contributed by atoms with Crippen LogP contribution in [0.4, 0.5) is 0 Å². The van der Waals surface area contributed by atoms with E-state index < -0.39 is 0 Å². The Morgan fingerprint density at radius 1 is 1.33 bits per heavy atom. The third kappa shape index (κ3) is 3.81. The van der Waals surface area contributed by atoms with Crippen LogP contribution in [-0.4, -0.2) is 11.9 Å². The minimum Gasteiger partial charge on any atom is -0.426 e. The van der Waals surface area contributed by atoms with Crippen molar-refractivity contribution in [1.82, 2.24) is 0 Å². The van der Waals surface area contributed by atoms with E-state index in [1.54, 1.807) is 18.2 Å². The lowest BCUT2D eigenvalue weighted by Crippen LogP contribution is -2.12. The van der Waals surface area contributed by atoms with Gasteiger partial charge in [0.2, 0.25) is 5.91 Å². The predicted molar refractivity (Wildman–Crippen MR) is 55.3 cm³/mol. The normalized spacial score (nSPS) is 9.67. The number of nitrogens with two attached hydrogens (primary N) is 1. The summed E-state index contributed by atoms with van der Waals surface area (Å²) in [6.07, 6.45) is 0.733. The van der Waals surface area contributed by atoms with E-state index in [0.29, 0.717) is 12.2 Å². The van der Waals surface area contributed by atoms with Crippen LogP contribution in [0.1, 0.15) is 18.9 Å². The molecule has 0 saturated carbocycles. The average Bonchev–Trinajstić information content (AvgIpc) is 2.15. The van der Waals surface area contributed by atoms with E-state index in [1.807, 2.05) is 6.07 Å². The van der Waals surface area contributed by atoms with Crippen molar-refractivity contribution in [3.05, 3.63) is 29.8 Å². The maximum atomic E-state index is 10.8. The van der Waals surface area contributed by atoms with Crippen molar-refractivity contribution in [3.63, 3.8) is 0 Å². The fraction of sp³-hybridized carbons (Fsp3) is 0.273. The lowest BCUT2D eigenvalue weighted by Gasteiger charge is -2.07. The summed E-state index contributed by atoms with van der Waals surface area (Å²) in [5.41, 5.74) is 5.86. The van der Waals surface area contributed by atoms with Gasteiger partial charge in [0.25, 0.3) is 0 Å². The van der Waals surface area contributed by atoms with Gasteiger partial charge in [0.15, 0.2) is 0 Å². The van der Waals surface area contributed by atoms with Crippen LogP contribution in [-0.2, 0) is 16.0 Å². The molecule has 0 aliphatic rings. The molecule has 1 aromatic carbocycles. The molecule has 1 amide bonds. The number of hydrogen-bond donors (Lipinski definition) is 1. The molecular weight excluding hydrogens is 194 g/mol. The Kier molecular flexibility index (Phi) is 3.85. The third-order valence-electron chi connectivity index (χ3n) is 1.87. The van der Waals surface area contributed by atoms with Crippen LogP contribution in [0.2, 0.25) is 0 Å². The fourth-order valence-electron chi connectivity index (χ4n) is 1.22. The maximum absolute atomic E-state index is 10.8. The summed E-state index contributed by atoms with van der Waals surface area (Å²) in [7, 11) is 0. The van der Waals surface area contributed by atoms with Crippen molar-refractivity contribution in [3.8, 4) is 5.75 Å². The Bertz CT molecular complexity index is 374. The first-order chi connectivity index (χ1) is 7.09. The molecule has 0 aliphatic heterocycles. The highest BCUT2D eigenvalue weighted by Crippen LogP contribution is 2.19. The second kappa shape index (κ2) is 5.14. The van der Waals surface area contributed by atoms with Gasteiger partial charge in [0, 0.05) is 13.3 Å². The SMILES string of the molecule is CC(=O)Oc1ccccc1CCC(N)=O. The summed E-state index contributed by atoms with van der Waals surface area (Å²) >= 11 is 0. The number of hydrogen-bond acceptors (Lipinski definition) is 3. The van der Waals surface area contributed by atoms with Crippen molar-refractivity contribution >= 4 is 11.9 Å². The average molecular weight is 207 g/mol. The third-order valence-corrected chi connectivity index (χ3v) is 1.87. The second-order valence-electron chi connectivity index (χ2n) is 3.17. The molecule has 0 fully saturated rings. The first-order valence-corrected chi connectivity index (χ1v) is 4.64. The largest absolute Gasteiger partial charge is 0.426 e. The monoisotopic (exact) mass is 207 g/mol. The molecule has 0 saturated heterocycles. The number of esters is 1. The van der Waals surface area contributed by atoms with Gasteiger partial charge in [0.1, 0.15) is 5.75 Å². The molecule has 4 nitrogen and oxygen atoms in total. The molecule has 0 radical (unpaired) electrons. The molecule has 4 heteroatoms. The molecule has 1 rings (SSSR count). The summed E-state index contributed by atoms with van der Waals surface area (Å²) < 4.78 is 4.99. The zero-order chi connectivity index (χ0) is 11.3. The predicted octanol–water partition coefficient (Wildman–Crippen LogP) is 1.03. The van der Waals surface area contributed by atoms with Crippen LogP contribution in [0.15, 0.2) is 24.3 Å². The number of carbonyl (C=O) groups excluding carboxylic acids is 2. The molecule has 0 heterocycles. The molecule has 80 valence electrons. The number of aryl methyl sites for hydroxylation is 1. The van der Waals surface area contributed by atoms with Crippen molar-refractivity contribution < 1.29 is 14.3 Å². The molecule has 0 unspecified atom stereocenters. The standard InChI is InChI=1S/C11H13NO3/c1-8(13)15-10-5-3-2-4-9(10)6-7-11(12)14/h2-5H,6-7H2,1H3,(H2,12,14). The highest BCUT2D eigenvalue weighted by Gasteiger charge is 2.06. The van der Waals surface area contributed by atoms with Crippen LogP contribution in [0, 0.1) is 0 Å². The molecule has 15 heavy (non-hydrogen) atoms. The number of amides is 1. The van der Waals surface area contributed by atoms with Crippen LogP contribution < -0.4 is 10.5 Å². The number of primary amides is 1. The van der Waals surface area contributed by atoms with Gasteiger partial charge in [0.05, 0.1) is 0 Å². The Hall–Kier alpha value is -1.84. The number of carbonyl (C=O) groups is 2. The lowest BCUT2D eigenvalue weighted by molar-refractivity contribution is -0.131. The molecule has 0 atom stereocenters. The minimum absolute atomic E-state index is 0.248. The van der Waals surface area contributed by atoms with E-state index in [1.165, 1.54) is 6.92 Å². The van der Waals surface area contributed by atoms with E-state index in [0.717, 1.165) is 5.56 Å².